The fourth-order valence-corrected chi connectivity index (χ4v) is 4.18. The third kappa shape index (κ3) is 5.33. The van der Waals surface area contributed by atoms with E-state index in [2.05, 4.69) is 18.7 Å². The second-order valence-corrected chi connectivity index (χ2v) is 8.34. The van der Waals surface area contributed by atoms with Crippen LogP contribution in [-0.2, 0) is 13.1 Å². The van der Waals surface area contributed by atoms with Crippen molar-refractivity contribution in [2.75, 3.05) is 26.2 Å². The number of fused-ring (bicyclic) bond motifs is 1. The zero-order valence-electron chi connectivity index (χ0n) is 17.3. The SMILES string of the molecule is CCN(CC)CCn1c(=N)n(CCCOc2ccc(Cl)cc2Cl)c2ccc(Cl)cc21. The first kappa shape index (κ1) is 23.0. The van der Waals surface area contributed by atoms with Gasteiger partial charge in [-0.15, -0.1) is 0 Å². The Morgan fingerprint density at radius 1 is 0.900 bits per heavy atom. The normalized spacial score (nSPS) is 11.5. The molecule has 3 rings (SSSR count). The smallest absolute Gasteiger partial charge is 0.203 e. The Labute approximate surface area is 192 Å². The number of hydrogen-bond donors (Lipinski definition) is 1. The summed E-state index contributed by atoms with van der Waals surface area (Å²) < 4.78 is 9.85. The zero-order valence-corrected chi connectivity index (χ0v) is 19.6. The van der Waals surface area contributed by atoms with Gasteiger partial charge in [-0.3, -0.25) is 5.41 Å². The van der Waals surface area contributed by atoms with Crippen molar-refractivity contribution in [3.8, 4) is 5.75 Å². The van der Waals surface area contributed by atoms with Gasteiger partial charge in [-0.2, -0.15) is 0 Å². The summed E-state index contributed by atoms with van der Waals surface area (Å²) in [6, 6.07) is 11.0. The molecule has 3 aromatic rings. The van der Waals surface area contributed by atoms with Gasteiger partial charge >= 0.3 is 0 Å². The lowest BCUT2D eigenvalue weighted by Crippen LogP contribution is -2.32. The van der Waals surface area contributed by atoms with E-state index in [1.54, 1.807) is 18.2 Å². The molecule has 0 aliphatic carbocycles. The van der Waals surface area contributed by atoms with E-state index in [0.717, 1.165) is 43.6 Å². The zero-order chi connectivity index (χ0) is 21.7. The molecular weight excluding hydrogens is 443 g/mol. The predicted octanol–water partition coefficient (Wildman–Crippen LogP) is 5.69. The molecule has 0 fully saturated rings. The maximum atomic E-state index is 8.75. The van der Waals surface area contributed by atoms with Crippen molar-refractivity contribution in [3.63, 3.8) is 0 Å². The number of nitrogens with one attached hydrogen (secondary N) is 1. The second kappa shape index (κ2) is 10.6. The monoisotopic (exact) mass is 468 g/mol. The molecule has 30 heavy (non-hydrogen) atoms. The average Bonchev–Trinajstić information content (AvgIpc) is 2.98. The predicted molar refractivity (Wildman–Crippen MR) is 125 cm³/mol. The van der Waals surface area contributed by atoms with Crippen LogP contribution in [0.25, 0.3) is 11.0 Å². The first-order valence-electron chi connectivity index (χ1n) is 10.2. The van der Waals surface area contributed by atoms with Crippen LogP contribution in [0.1, 0.15) is 20.3 Å². The molecule has 0 aliphatic heterocycles. The van der Waals surface area contributed by atoms with Crippen LogP contribution < -0.4 is 10.4 Å². The van der Waals surface area contributed by atoms with Crippen molar-refractivity contribution >= 4 is 45.8 Å². The number of halogens is 3. The molecule has 5 nitrogen and oxygen atoms in total. The summed E-state index contributed by atoms with van der Waals surface area (Å²) in [6.45, 7) is 9.11. The van der Waals surface area contributed by atoms with Gasteiger partial charge in [0, 0.05) is 29.7 Å². The molecular formula is C22H27Cl3N4O. The summed E-state index contributed by atoms with van der Waals surface area (Å²) in [6.07, 6.45) is 0.743. The quantitative estimate of drug-likeness (QED) is 0.387. The van der Waals surface area contributed by atoms with Crippen molar-refractivity contribution in [2.45, 2.75) is 33.4 Å². The number of likely N-dealkylation sites (N-methyl/N-ethyl adjacent to an activating group) is 1. The minimum atomic E-state index is 0.476. The molecule has 0 unspecified atom stereocenters. The van der Waals surface area contributed by atoms with Crippen molar-refractivity contribution in [1.29, 1.82) is 5.41 Å². The number of hydrogen-bond acceptors (Lipinski definition) is 3. The molecule has 1 heterocycles. The van der Waals surface area contributed by atoms with Gasteiger partial charge in [0.1, 0.15) is 5.75 Å². The number of nitrogens with zero attached hydrogens (tertiary/aromatic N) is 3. The van der Waals surface area contributed by atoms with Gasteiger partial charge < -0.3 is 18.8 Å². The maximum Gasteiger partial charge on any atom is 0.203 e. The molecule has 1 aromatic heterocycles. The van der Waals surface area contributed by atoms with Gasteiger partial charge in [0.15, 0.2) is 0 Å². The van der Waals surface area contributed by atoms with E-state index in [0.29, 0.717) is 39.6 Å². The number of imidazole rings is 1. The first-order valence-corrected chi connectivity index (χ1v) is 11.3. The Kier molecular flexibility index (Phi) is 8.12. The van der Waals surface area contributed by atoms with Gasteiger partial charge in [-0.25, -0.2) is 0 Å². The fraction of sp³-hybridized carbons (Fsp3) is 0.409. The van der Waals surface area contributed by atoms with Crippen LogP contribution >= 0.6 is 34.8 Å². The lowest BCUT2D eigenvalue weighted by atomic mass is 10.3. The van der Waals surface area contributed by atoms with Gasteiger partial charge in [0.05, 0.1) is 22.7 Å². The third-order valence-electron chi connectivity index (χ3n) is 5.24. The summed E-state index contributed by atoms with van der Waals surface area (Å²) in [7, 11) is 0. The second-order valence-electron chi connectivity index (χ2n) is 7.06. The molecule has 162 valence electrons. The van der Waals surface area contributed by atoms with Crippen LogP contribution in [0.2, 0.25) is 15.1 Å². The number of ether oxygens (including phenoxy) is 1. The fourth-order valence-electron chi connectivity index (χ4n) is 3.55. The van der Waals surface area contributed by atoms with Crippen molar-refractivity contribution < 1.29 is 4.74 Å². The standard InChI is InChI=1S/C22H27Cl3N4O/c1-3-27(4-2)11-12-29-20-15-17(24)6-8-19(20)28(22(29)26)10-5-13-30-21-9-7-16(23)14-18(21)25/h6-9,14-15,26H,3-5,10-13H2,1-2H3. The van der Waals surface area contributed by atoms with Crippen LogP contribution in [0.15, 0.2) is 36.4 Å². The molecule has 0 atom stereocenters. The minimum Gasteiger partial charge on any atom is -0.492 e. The molecule has 0 spiro atoms. The van der Waals surface area contributed by atoms with Gasteiger partial charge in [-0.05, 0) is 55.9 Å². The molecule has 0 bridgehead atoms. The molecule has 2 aromatic carbocycles. The summed E-state index contributed by atoms with van der Waals surface area (Å²) in [4.78, 5) is 2.35. The van der Waals surface area contributed by atoms with E-state index < -0.39 is 0 Å². The first-order chi connectivity index (χ1) is 14.4. The van der Waals surface area contributed by atoms with E-state index in [-0.39, 0.29) is 0 Å². The van der Waals surface area contributed by atoms with E-state index in [4.69, 9.17) is 44.9 Å². The van der Waals surface area contributed by atoms with Gasteiger partial charge in [-0.1, -0.05) is 48.7 Å². The largest absolute Gasteiger partial charge is 0.492 e. The van der Waals surface area contributed by atoms with Crippen molar-refractivity contribution in [1.82, 2.24) is 14.0 Å². The number of rotatable bonds is 10. The molecule has 0 amide bonds. The van der Waals surface area contributed by atoms with E-state index in [1.165, 1.54) is 0 Å². The van der Waals surface area contributed by atoms with Crippen LogP contribution in [0.5, 0.6) is 5.75 Å². The summed E-state index contributed by atoms with van der Waals surface area (Å²) >= 11 is 18.3. The maximum absolute atomic E-state index is 8.75. The van der Waals surface area contributed by atoms with Crippen LogP contribution in [0, 0.1) is 5.41 Å². The highest BCUT2D eigenvalue weighted by Crippen LogP contribution is 2.27. The topological polar surface area (TPSA) is 46.2 Å². The molecule has 1 N–H and O–H groups in total. The summed E-state index contributed by atoms with van der Waals surface area (Å²) in [5.41, 5.74) is 2.47. The van der Waals surface area contributed by atoms with Crippen LogP contribution in [0.4, 0.5) is 0 Å². The van der Waals surface area contributed by atoms with Crippen LogP contribution in [0.3, 0.4) is 0 Å². The number of aryl methyl sites for hydroxylation is 1. The highest BCUT2D eigenvalue weighted by atomic mass is 35.5. The molecule has 0 saturated heterocycles. The third-order valence-corrected chi connectivity index (χ3v) is 6.01. The van der Waals surface area contributed by atoms with Gasteiger partial charge in [0.25, 0.3) is 0 Å². The van der Waals surface area contributed by atoms with Crippen molar-refractivity contribution in [2.24, 2.45) is 0 Å². The van der Waals surface area contributed by atoms with E-state index in [1.807, 2.05) is 27.3 Å². The number of benzene rings is 2. The Balaban J connectivity index is 1.74. The van der Waals surface area contributed by atoms with E-state index >= 15 is 0 Å². The van der Waals surface area contributed by atoms with Crippen molar-refractivity contribution in [3.05, 3.63) is 57.1 Å². The number of aromatic nitrogens is 2. The lowest BCUT2D eigenvalue weighted by Gasteiger charge is -2.18. The lowest BCUT2D eigenvalue weighted by molar-refractivity contribution is 0.287. The Bertz CT molecular complexity index is 1060. The highest BCUT2D eigenvalue weighted by molar-refractivity contribution is 6.35. The van der Waals surface area contributed by atoms with Gasteiger partial charge in [0.2, 0.25) is 5.62 Å². The van der Waals surface area contributed by atoms with Crippen LogP contribution in [-0.4, -0.2) is 40.3 Å². The van der Waals surface area contributed by atoms with E-state index in [9.17, 15) is 0 Å². The summed E-state index contributed by atoms with van der Waals surface area (Å²) in [5.74, 6) is 0.616. The molecule has 0 saturated carbocycles. The Morgan fingerprint density at radius 3 is 2.27 bits per heavy atom. The molecule has 0 aliphatic rings. The highest BCUT2D eigenvalue weighted by Gasteiger charge is 2.12. The molecule has 0 radical (unpaired) electrons. The molecule has 8 heteroatoms. The Morgan fingerprint density at radius 2 is 1.57 bits per heavy atom. The average molecular weight is 470 g/mol. The Hall–Kier alpha value is -1.66. The minimum absolute atomic E-state index is 0.476. The summed E-state index contributed by atoms with van der Waals surface area (Å²) in [5, 5.41) is 10.5.